The molecule has 2 nitrogen and oxygen atoms in total. The Morgan fingerprint density at radius 2 is 1.61 bits per heavy atom. The summed E-state index contributed by atoms with van der Waals surface area (Å²) in [6.07, 6.45) is 17.6. The van der Waals surface area contributed by atoms with Crippen LogP contribution in [0.4, 0.5) is 5.69 Å². The topological polar surface area (TPSA) is 7.12 Å². The maximum absolute atomic E-state index is 2.59. The van der Waals surface area contributed by atoms with Crippen molar-refractivity contribution in [2.75, 3.05) is 11.4 Å². The van der Waals surface area contributed by atoms with Gasteiger partial charge in [-0.25, -0.2) is 0 Å². The second kappa shape index (κ2) is 12.8. The summed E-state index contributed by atoms with van der Waals surface area (Å²) < 4.78 is 8.67. The van der Waals surface area contributed by atoms with E-state index in [0.29, 0.717) is 29.5 Å². The van der Waals surface area contributed by atoms with Gasteiger partial charge in [-0.1, -0.05) is 0 Å². The third-order valence-electron chi connectivity index (χ3n) is 6.22. The number of fused-ring (bicyclic) bond motifs is 2. The molecule has 0 fully saturated rings. The van der Waals surface area contributed by atoms with Crippen LogP contribution in [0.25, 0.3) is 15.9 Å². The molecule has 0 radical (unpaired) electrons. The second-order valence-corrected chi connectivity index (χ2v) is 13.2. The molecule has 1 aliphatic rings. The van der Waals surface area contributed by atoms with E-state index in [1.807, 2.05) is 0 Å². The predicted octanol–water partition coefficient (Wildman–Crippen LogP) is 6.05. The van der Waals surface area contributed by atoms with Crippen molar-refractivity contribution >= 4 is 55.5 Å². The Morgan fingerprint density at radius 3 is 2.45 bits per heavy atom. The van der Waals surface area contributed by atoms with Gasteiger partial charge in [0.1, 0.15) is 0 Å². The van der Waals surface area contributed by atoms with E-state index < -0.39 is 0 Å². The van der Waals surface area contributed by atoms with Crippen LogP contribution in [-0.2, 0) is 6.54 Å². The average Bonchev–Trinajstić information content (AvgIpc) is 3.37. The van der Waals surface area contributed by atoms with Gasteiger partial charge >= 0.3 is 213 Å². The summed E-state index contributed by atoms with van der Waals surface area (Å²) >= 11 is 0.806. The Hall–Kier alpha value is -1.57. The van der Waals surface area contributed by atoms with Crippen molar-refractivity contribution < 1.29 is 4.57 Å². The number of para-hydroxylation sites is 2. The standard InChI is InChI=1S/C29H37N2Se2/c1-3-5-7-13-22-30-24-16-9-11-18-26(24)32-28(30)20-15-21-29-31(23-14-8-6-4-2)25-17-10-12-19-27(25)33-29/h9-12,15-21H,3-8,13-14,22-23H2,1-2H3/q+1. The average molecular weight is 572 g/mol. The van der Waals surface area contributed by atoms with Gasteiger partial charge in [-0.05, 0) is 0 Å². The minimum atomic E-state index is 0.403. The molecule has 0 saturated carbocycles. The maximum atomic E-state index is 2.59. The first-order chi connectivity index (χ1) is 16.3. The molecule has 0 atom stereocenters. The second-order valence-electron chi connectivity index (χ2n) is 8.77. The van der Waals surface area contributed by atoms with Gasteiger partial charge in [0.2, 0.25) is 0 Å². The molecule has 0 saturated heterocycles. The van der Waals surface area contributed by atoms with Crippen molar-refractivity contribution in [1.29, 1.82) is 0 Å². The fraction of sp³-hybridized carbons (Fsp3) is 0.414. The minimum absolute atomic E-state index is 0.403. The number of rotatable bonds is 12. The number of aromatic nitrogens is 1. The van der Waals surface area contributed by atoms with Gasteiger partial charge in [-0.2, -0.15) is 0 Å². The molecule has 0 unspecified atom stereocenters. The van der Waals surface area contributed by atoms with Crippen molar-refractivity contribution in [2.45, 2.75) is 71.8 Å². The molecule has 174 valence electrons. The first-order valence-electron chi connectivity index (χ1n) is 12.7. The van der Waals surface area contributed by atoms with Gasteiger partial charge in [0.05, 0.1) is 0 Å². The van der Waals surface area contributed by atoms with Crippen molar-refractivity contribution in [3.63, 3.8) is 0 Å². The Bertz CT molecular complexity index is 1100. The van der Waals surface area contributed by atoms with Crippen LogP contribution in [0.1, 0.15) is 69.8 Å². The van der Waals surface area contributed by atoms with Crippen LogP contribution < -0.4 is 13.9 Å². The number of benzene rings is 2. The molecule has 2 aromatic carbocycles. The monoisotopic (exact) mass is 573 g/mol. The molecule has 3 aromatic rings. The SMILES string of the molecule is CCCCCCN1/C(=C/C=C/c2[se]c3ccccc3[n+]2CCCCCC)[Se]c2ccccc21. The normalized spacial score (nSPS) is 14.7. The Kier molecular flexibility index (Phi) is 9.50. The molecular weight excluding hydrogens is 534 g/mol. The van der Waals surface area contributed by atoms with E-state index in [2.05, 4.69) is 90.1 Å². The molecule has 4 rings (SSSR count). The summed E-state index contributed by atoms with van der Waals surface area (Å²) in [5, 5.41) is 0. The number of hydrogen-bond acceptors (Lipinski definition) is 1. The van der Waals surface area contributed by atoms with Gasteiger partial charge in [-0.15, -0.1) is 0 Å². The zero-order valence-corrected chi connectivity index (χ0v) is 23.6. The zero-order valence-electron chi connectivity index (χ0n) is 20.1. The first kappa shape index (κ1) is 24.6. The van der Waals surface area contributed by atoms with Crippen LogP contribution in [0.2, 0.25) is 0 Å². The number of hydrogen-bond donors (Lipinski definition) is 0. The first-order valence-corrected chi connectivity index (χ1v) is 16.1. The van der Waals surface area contributed by atoms with Gasteiger partial charge in [-0.3, -0.25) is 0 Å². The molecule has 1 aromatic heterocycles. The van der Waals surface area contributed by atoms with Crippen LogP contribution in [0.5, 0.6) is 0 Å². The quantitative estimate of drug-likeness (QED) is 0.146. The van der Waals surface area contributed by atoms with Crippen LogP contribution >= 0.6 is 0 Å². The molecule has 0 aliphatic carbocycles. The summed E-state index contributed by atoms with van der Waals surface area (Å²) in [6, 6.07) is 18.0. The number of anilines is 1. The third kappa shape index (κ3) is 6.31. The number of nitrogens with zero attached hydrogens (tertiary/aromatic N) is 2. The fourth-order valence-corrected chi connectivity index (χ4v) is 9.04. The predicted molar refractivity (Wildman–Crippen MR) is 146 cm³/mol. The van der Waals surface area contributed by atoms with E-state index in [-0.39, 0.29) is 0 Å². The van der Waals surface area contributed by atoms with Crippen LogP contribution in [-0.4, -0.2) is 36.0 Å². The van der Waals surface area contributed by atoms with E-state index in [9.17, 15) is 0 Å². The summed E-state index contributed by atoms with van der Waals surface area (Å²) in [6.45, 7) is 6.87. The van der Waals surface area contributed by atoms with Gasteiger partial charge < -0.3 is 0 Å². The molecule has 0 N–H and O–H groups in total. The number of aryl methyl sites for hydroxylation is 1. The van der Waals surface area contributed by atoms with Crippen molar-refractivity contribution in [3.8, 4) is 0 Å². The Morgan fingerprint density at radius 1 is 0.848 bits per heavy atom. The van der Waals surface area contributed by atoms with Gasteiger partial charge in [0.15, 0.2) is 0 Å². The van der Waals surface area contributed by atoms with Crippen molar-refractivity contribution in [2.24, 2.45) is 0 Å². The Labute approximate surface area is 212 Å². The summed E-state index contributed by atoms with van der Waals surface area (Å²) in [7, 11) is 0. The van der Waals surface area contributed by atoms with E-state index in [4.69, 9.17) is 0 Å². The van der Waals surface area contributed by atoms with E-state index in [0.717, 1.165) is 13.1 Å². The molecule has 0 bridgehead atoms. The fourth-order valence-electron chi connectivity index (χ4n) is 4.42. The van der Waals surface area contributed by atoms with Crippen molar-refractivity contribution in [3.05, 3.63) is 69.8 Å². The number of unbranched alkanes of at least 4 members (excludes halogenated alkanes) is 6. The number of allylic oxidation sites excluding steroid dienone is 2. The van der Waals surface area contributed by atoms with E-state index in [1.165, 1.54) is 80.5 Å². The van der Waals surface area contributed by atoms with Crippen LogP contribution in [0.3, 0.4) is 0 Å². The Balaban J connectivity index is 1.53. The molecule has 0 amide bonds. The van der Waals surface area contributed by atoms with E-state index >= 15 is 0 Å². The van der Waals surface area contributed by atoms with Gasteiger partial charge in [0, 0.05) is 0 Å². The van der Waals surface area contributed by atoms with Gasteiger partial charge in [0.25, 0.3) is 0 Å². The summed E-state index contributed by atoms with van der Waals surface area (Å²) in [4.78, 5) is 2.59. The van der Waals surface area contributed by atoms with E-state index in [1.54, 1.807) is 0 Å². The molecule has 2 heterocycles. The third-order valence-corrected chi connectivity index (χ3v) is 11.0. The summed E-state index contributed by atoms with van der Waals surface area (Å²) in [5.41, 5.74) is 2.88. The van der Waals surface area contributed by atoms with Crippen LogP contribution in [0.15, 0.2) is 65.3 Å². The molecule has 1 aliphatic heterocycles. The van der Waals surface area contributed by atoms with Crippen molar-refractivity contribution in [1.82, 2.24) is 0 Å². The molecule has 4 heteroatoms. The summed E-state index contributed by atoms with van der Waals surface area (Å²) in [5.74, 6) is 0. The molecule has 33 heavy (non-hydrogen) atoms. The zero-order chi connectivity index (χ0) is 22.9. The van der Waals surface area contributed by atoms with Crippen LogP contribution in [0, 0.1) is 0 Å². The molecular formula is C29H37N2Se2+. The molecule has 0 spiro atoms.